The molecule has 0 saturated carbocycles. The van der Waals surface area contributed by atoms with Gasteiger partial charge in [0.1, 0.15) is 0 Å². The SMILES string of the molecule is CCc1ccc(C(CN)N2CCCOC(C)C2)s1. The lowest BCUT2D eigenvalue weighted by atomic mass is 10.2. The summed E-state index contributed by atoms with van der Waals surface area (Å²) in [5.41, 5.74) is 6.01. The Morgan fingerprint density at radius 1 is 1.56 bits per heavy atom. The summed E-state index contributed by atoms with van der Waals surface area (Å²) in [4.78, 5) is 5.34. The van der Waals surface area contributed by atoms with E-state index in [-0.39, 0.29) is 0 Å². The van der Waals surface area contributed by atoms with Crippen molar-refractivity contribution in [1.29, 1.82) is 0 Å². The van der Waals surface area contributed by atoms with E-state index in [1.165, 1.54) is 9.75 Å². The molecule has 0 bridgehead atoms. The predicted octanol–water partition coefficient (Wildman–Crippen LogP) is 2.42. The number of rotatable bonds is 4. The minimum Gasteiger partial charge on any atom is -0.377 e. The zero-order valence-electron chi connectivity index (χ0n) is 11.4. The minimum atomic E-state index is 0.312. The highest BCUT2D eigenvalue weighted by Crippen LogP contribution is 2.28. The van der Waals surface area contributed by atoms with E-state index in [2.05, 4.69) is 30.9 Å². The molecule has 4 heteroatoms. The van der Waals surface area contributed by atoms with Crippen molar-refractivity contribution in [2.45, 2.75) is 38.8 Å². The number of hydrogen-bond donors (Lipinski definition) is 1. The Kier molecular flexibility index (Phi) is 5.18. The van der Waals surface area contributed by atoms with Gasteiger partial charge >= 0.3 is 0 Å². The van der Waals surface area contributed by atoms with E-state index in [9.17, 15) is 0 Å². The van der Waals surface area contributed by atoms with Crippen LogP contribution in [0, 0.1) is 0 Å². The number of aryl methyl sites for hydroxylation is 1. The highest BCUT2D eigenvalue weighted by molar-refractivity contribution is 7.12. The van der Waals surface area contributed by atoms with E-state index >= 15 is 0 Å². The van der Waals surface area contributed by atoms with E-state index in [1.54, 1.807) is 0 Å². The summed E-state index contributed by atoms with van der Waals surface area (Å²) in [6.45, 7) is 8.00. The molecule has 1 saturated heterocycles. The molecule has 1 aliphatic rings. The van der Waals surface area contributed by atoms with Crippen LogP contribution >= 0.6 is 11.3 Å². The lowest BCUT2D eigenvalue weighted by Gasteiger charge is -2.29. The molecule has 3 nitrogen and oxygen atoms in total. The third-order valence-electron chi connectivity index (χ3n) is 3.51. The van der Waals surface area contributed by atoms with Crippen LogP contribution in [0.25, 0.3) is 0 Å². The second-order valence-corrected chi connectivity index (χ2v) is 6.14. The van der Waals surface area contributed by atoms with Crippen molar-refractivity contribution in [1.82, 2.24) is 4.90 Å². The molecular formula is C14H24N2OS. The van der Waals surface area contributed by atoms with Gasteiger partial charge in [-0.25, -0.2) is 0 Å². The molecule has 2 atom stereocenters. The maximum atomic E-state index is 6.01. The monoisotopic (exact) mass is 268 g/mol. The predicted molar refractivity (Wildman–Crippen MR) is 77.1 cm³/mol. The lowest BCUT2D eigenvalue weighted by Crippen LogP contribution is -2.37. The van der Waals surface area contributed by atoms with Gasteiger partial charge in [0, 0.05) is 36.0 Å². The number of nitrogens with zero attached hydrogens (tertiary/aromatic N) is 1. The molecule has 1 aromatic rings. The summed E-state index contributed by atoms with van der Waals surface area (Å²) in [5, 5.41) is 0. The molecule has 0 radical (unpaired) electrons. The third-order valence-corrected chi connectivity index (χ3v) is 4.84. The van der Waals surface area contributed by atoms with E-state index < -0.39 is 0 Å². The quantitative estimate of drug-likeness (QED) is 0.911. The van der Waals surface area contributed by atoms with Crippen LogP contribution in [-0.4, -0.2) is 37.2 Å². The van der Waals surface area contributed by atoms with Crippen molar-refractivity contribution in [3.05, 3.63) is 21.9 Å². The summed E-state index contributed by atoms with van der Waals surface area (Å²) >= 11 is 1.90. The molecule has 2 unspecified atom stereocenters. The van der Waals surface area contributed by atoms with Crippen molar-refractivity contribution in [3.8, 4) is 0 Å². The first-order valence-corrected chi connectivity index (χ1v) is 7.70. The smallest absolute Gasteiger partial charge is 0.0674 e. The van der Waals surface area contributed by atoms with Gasteiger partial charge in [0.05, 0.1) is 12.1 Å². The molecule has 2 N–H and O–H groups in total. The zero-order valence-corrected chi connectivity index (χ0v) is 12.2. The average molecular weight is 268 g/mol. The Hall–Kier alpha value is -0.420. The molecule has 1 aliphatic heterocycles. The lowest BCUT2D eigenvalue weighted by molar-refractivity contribution is 0.0614. The Balaban J connectivity index is 2.11. The number of thiophene rings is 1. The summed E-state index contributed by atoms with van der Waals surface area (Å²) in [6.07, 6.45) is 2.53. The zero-order chi connectivity index (χ0) is 13.0. The standard InChI is InChI=1S/C14H24N2OS/c1-3-12-5-6-14(18-12)13(9-15)16-7-4-8-17-11(2)10-16/h5-6,11,13H,3-4,7-10,15H2,1-2H3. The first-order valence-electron chi connectivity index (χ1n) is 6.89. The fourth-order valence-corrected chi connectivity index (χ4v) is 3.62. The Morgan fingerprint density at radius 3 is 3.06 bits per heavy atom. The molecule has 0 aliphatic carbocycles. The van der Waals surface area contributed by atoms with Gasteiger partial charge in [-0.2, -0.15) is 0 Å². The molecule has 2 heterocycles. The normalized spacial score (nSPS) is 23.8. The molecule has 2 rings (SSSR count). The van der Waals surface area contributed by atoms with E-state index in [1.807, 2.05) is 11.3 Å². The largest absolute Gasteiger partial charge is 0.377 e. The first-order chi connectivity index (χ1) is 8.74. The van der Waals surface area contributed by atoms with Crippen LogP contribution in [0.5, 0.6) is 0 Å². The molecule has 0 aromatic carbocycles. The van der Waals surface area contributed by atoms with Gasteiger partial charge in [-0.15, -0.1) is 11.3 Å². The van der Waals surface area contributed by atoms with E-state index in [0.717, 1.165) is 32.5 Å². The fraction of sp³-hybridized carbons (Fsp3) is 0.714. The molecule has 102 valence electrons. The summed E-state index contributed by atoms with van der Waals surface area (Å²) < 4.78 is 5.71. The summed E-state index contributed by atoms with van der Waals surface area (Å²) in [6, 6.07) is 4.84. The fourth-order valence-electron chi connectivity index (χ4n) is 2.52. The topological polar surface area (TPSA) is 38.5 Å². The highest BCUT2D eigenvalue weighted by Gasteiger charge is 2.24. The van der Waals surface area contributed by atoms with Crippen LogP contribution in [0.4, 0.5) is 0 Å². The molecule has 1 aromatic heterocycles. The van der Waals surface area contributed by atoms with Crippen LogP contribution < -0.4 is 5.73 Å². The second kappa shape index (κ2) is 6.66. The third kappa shape index (κ3) is 3.32. The van der Waals surface area contributed by atoms with Crippen LogP contribution in [-0.2, 0) is 11.2 Å². The van der Waals surface area contributed by atoms with Crippen LogP contribution in [0.3, 0.4) is 0 Å². The first kappa shape index (κ1) is 14.0. The van der Waals surface area contributed by atoms with Gasteiger partial charge in [0.15, 0.2) is 0 Å². The van der Waals surface area contributed by atoms with Crippen LogP contribution in [0.15, 0.2) is 12.1 Å². The summed E-state index contributed by atoms with van der Waals surface area (Å²) in [5.74, 6) is 0. The Bertz CT molecular complexity index is 366. The molecule has 0 amide bonds. The van der Waals surface area contributed by atoms with Gasteiger partial charge in [-0.1, -0.05) is 6.92 Å². The Morgan fingerprint density at radius 2 is 2.39 bits per heavy atom. The van der Waals surface area contributed by atoms with Gasteiger partial charge in [0.25, 0.3) is 0 Å². The number of ether oxygens (including phenoxy) is 1. The van der Waals surface area contributed by atoms with Crippen molar-refractivity contribution in [2.24, 2.45) is 5.73 Å². The second-order valence-electron chi connectivity index (χ2n) is 4.94. The highest BCUT2D eigenvalue weighted by atomic mass is 32.1. The van der Waals surface area contributed by atoms with Crippen molar-refractivity contribution in [2.75, 3.05) is 26.2 Å². The van der Waals surface area contributed by atoms with E-state index in [0.29, 0.717) is 18.7 Å². The average Bonchev–Trinajstić information content (AvgIpc) is 2.73. The molecular weight excluding hydrogens is 244 g/mol. The van der Waals surface area contributed by atoms with Crippen molar-refractivity contribution < 1.29 is 4.74 Å². The number of hydrogen-bond acceptors (Lipinski definition) is 4. The van der Waals surface area contributed by atoms with Crippen LogP contribution in [0.2, 0.25) is 0 Å². The number of nitrogens with two attached hydrogens (primary N) is 1. The van der Waals surface area contributed by atoms with Crippen molar-refractivity contribution in [3.63, 3.8) is 0 Å². The van der Waals surface area contributed by atoms with Crippen LogP contribution in [0.1, 0.15) is 36.1 Å². The minimum absolute atomic E-state index is 0.312. The van der Waals surface area contributed by atoms with Crippen molar-refractivity contribution >= 4 is 11.3 Å². The maximum Gasteiger partial charge on any atom is 0.0674 e. The van der Waals surface area contributed by atoms with Gasteiger partial charge in [-0.05, 0) is 31.9 Å². The Labute approximate surface area is 114 Å². The molecule has 0 spiro atoms. The molecule has 1 fully saturated rings. The van der Waals surface area contributed by atoms with Gasteiger partial charge in [-0.3, -0.25) is 4.90 Å². The van der Waals surface area contributed by atoms with E-state index in [4.69, 9.17) is 10.5 Å². The molecule has 18 heavy (non-hydrogen) atoms. The maximum absolute atomic E-state index is 6.01. The van der Waals surface area contributed by atoms with Gasteiger partial charge < -0.3 is 10.5 Å². The summed E-state index contributed by atoms with van der Waals surface area (Å²) in [7, 11) is 0. The van der Waals surface area contributed by atoms with Gasteiger partial charge in [0.2, 0.25) is 0 Å².